The van der Waals surface area contributed by atoms with Gasteiger partial charge in [-0.05, 0) is 24.3 Å². The average Bonchev–Trinajstić information content (AvgIpc) is 2.59. The number of phosphoric ester groups is 2. The summed E-state index contributed by atoms with van der Waals surface area (Å²) in [6.07, 6.45) is 1.55. The average molecular weight is 499 g/mol. The van der Waals surface area contributed by atoms with E-state index in [1.165, 1.54) is 24.3 Å². The predicted octanol–water partition coefficient (Wildman–Crippen LogP) is 7.00. The third-order valence-electron chi connectivity index (χ3n) is 2.70. The van der Waals surface area contributed by atoms with Crippen molar-refractivity contribution in [2.24, 2.45) is 0 Å². The Bertz CT molecular complexity index is 860. The molecule has 0 aliphatic rings. The first-order valence-electron chi connectivity index (χ1n) is 7.19. The number of para-hydroxylation sites is 2. The Kier molecular flexibility index (Phi) is 9.89. The number of hydrogen-bond donors (Lipinski definition) is 0. The monoisotopic (exact) mass is 498 g/mol. The molecule has 0 aliphatic heterocycles. The van der Waals surface area contributed by atoms with Gasteiger partial charge in [0.05, 0.1) is 22.6 Å². The largest absolute Gasteiger partial charge is 4.00 e. The van der Waals surface area contributed by atoms with Gasteiger partial charge in [0.15, 0.2) is 11.5 Å². The van der Waals surface area contributed by atoms with E-state index in [0.29, 0.717) is 0 Å². The third kappa shape index (κ3) is 7.02. The summed E-state index contributed by atoms with van der Waals surface area (Å²) in [6.45, 7) is 6.50. The minimum atomic E-state index is -4.68. The Hall–Kier alpha value is -1.17. The van der Waals surface area contributed by atoms with Crippen molar-refractivity contribution in [3.8, 4) is 11.5 Å². The van der Waals surface area contributed by atoms with Gasteiger partial charge in [-0.15, -0.1) is 4.31 Å². The van der Waals surface area contributed by atoms with Crippen molar-refractivity contribution < 1.29 is 53.3 Å². The molecule has 2 aromatic rings. The SMILES string of the molecule is C=COP(=O)(OC=C)OP(=O)(Oc1ccccc1Cl)Oc1ccccc1Cl.[Ti+4]. The summed E-state index contributed by atoms with van der Waals surface area (Å²) in [5, 5.41) is 0.210. The molecule has 28 heavy (non-hydrogen) atoms. The maximum atomic E-state index is 13.2. The van der Waals surface area contributed by atoms with Gasteiger partial charge in [-0.1, -0.05) is 60.6 Å². The van der Waals surface area contributed by atoms with Crippen molar-refractivity contribution in [3.63, 3.8) is 0 Å². The van der Waals surface area contributed by atoms with Gasteiger partial charge in [-0.25, -0.2) is 9.13 Å². The Morgan fingerprint density at radius 3 is 1.50 bits per heavy atom. The van der Waals surface area contributed by atoms with E-state index in [1.54, 1.807) is 24.3 Å². The van der Waals surface area contributed by atoms with Gasteiger partial charge in [0.2, 0.25) is 0 Å². The van der Waals surface area contributed by atoms with E-state index in [9.17, 15) is 9.13 Å². The molecule has 0 heterocycles. The van der Waals surface area contributed by atoms with Crippen LogP contribution >= 0.6 is 38.8 Å². The summed E-state index contributed by atoms with van der Waals surface area (Å²) in [7, 11) is -9.16. The second-order valence-electron chi connectivity index (χ2n) is 4.56. The maximum absolute atomic E-state index is 13.2. The standard InChI is InChI=1S/C16H14Cl2O7P2.Ti/c1-3-21-26(19,22-4-2)25-27(20,23-15-11-7-5-9-13(15)17)24-16-12-8-6-10-14(16)18;/h3-12H,1-2H2;/q;+4. The van der Waals surface area contributed by atoms with Crippen LogP contribution in [0.4, 0.5) is 0 Å². The van der Waals surface area contributed by atoms with Gasteiger partial charge < -0.3 is 18.1 Å². The summed E-state index contributed by atoms with van der Waals surface area (Å²) in [5.41, 5.74) is 0. The van der Waals surface area contributed by atoms with E-state index < -0.39 is 15.6 Å². The van der Waals surface area contributed by atoms with Crippen LogP contribution < -0.4 is 9.05 Å². The summed E-state index contributed by atoms with van der Waals surface area (Å²) in [4.78, 5) is 0. The van der Waals surface area contributed by atoms with E-state index in [4.69, 9.17) is 45.6 Å². The van der Waals surface area contributed by atoms with E-state index in [-0.39, 0.29) is 43.3 Å². The normalized spacial score (nSPS) is 10.9. The zero-order chi connectivity index (χ0) is 19.9. The molecule has 2 aromatic carbocycles. The fraction of sp³-hybridized carbons (Fsp3) is 0. The second kappa shape index (κ2) is 11.1. The molecule has 7 nitrogen and oxygen atoms in total. The zero-order valence-corrected chi connectivity index (χ0v) is 19.1. The fourth-order valence-electron chi connectivity index (χ4n) is 1.70. The summed E-state index contributed by atoms with van der Waals surface area (Å²) < 4.78 is 50.8. The quantitative estimate of drug-likeness (QED) is 0.198. The summed E-state index contributed by atoms with van der Waals surface area (Å²) >= 11 is 12.0. The Balaban J connectivity index is 0.00000392. The number of benzene rings is 2. The number of rotatable bonds is 10. The first-order valence-corrected chi connectivity index (χ1v) is 10.9. The van der Waals surface area contributed by atoms with Crippen LogP contribution in [0.25, 0.3) is 0 Å². The van der Waals surface area contributed by atoms with Crippen molar-refractivity contribution in [1.82, 2.24) is 0 Å². The van der Waals surface area contributed by atoms with E-state index in [1.807, 2.05) is 0 Å². The molecule has 0 N–H and O–H groups in total. The van der Waals surface area contributed by atoms with Crippen LogP contribution in [-0.4, -0.2) is 0 Å². The number of hydrogen-bond acceptors (Lipinski definition) is 7. The molecule has 0 saturated heterocycles. The molecule has 0 bridgehead atoms. The van der Waals surface area contributed by atoms with Crippen LogP contribution in [-0.2, 0) is 44.2 Å². The van der Waals surface area contributed by atoms with Crippen molar-refractivity contribution in [2.45, 2.75) is 0 Å². The van der Waals surface area contributed by atoms with Gasteiger partial charge >= 0.3 is 37.4 Å². The van der Waals surface area contributed by atoms with Crippen LogP contribution in [0, 0.1) is 0 Å². The minimum Gasteiger partial charge on any atom is -0.403 e. The van der Waals surface area contributed by atoms with Crippen LogP contribution in [0.15, 0.2) is 74.2 Å². The minimum absolute atomic E-state index is 0. The molecular weight excluding hydrogens is 485 g/mol. The smallest absolute Gasteiger partial charge is 0.403 e. The Morgan fingerprint density at radius 1 is 0.750 bits per heavy atom. The predicted molar refractivity (Wildman–Crippen MR) is 103 cm³/mol. The third-order valence-corrected chi connectivity index (χ3v) is 6.58. The molecule has 0 amide bonds. The summed E-state index contributed by atoms with van der Waals surface area (Å²) in [5.74, 6) is -0.114. The molecule has 0 saturated carbocycles. The maximum Gasteiger partial charge on any atom is 4.00 e. The van der Waals surface area contributed by atoms with Crippen molar-refractivity contribution in [2.75, 3.05) is 0 Å². The zero-order valence-electron chi connectivity index (χ0n) is 14.2. The van der Waals surface area contributed by atoms with Crippen LogP contribution in [0.2, 0.25) is 10.0 Å². The van der Waals surface area contributed by atoms with Crippen molar-refractivity contribution in [1.29, 1.82) is 0 Å². The Labute approximate surface area is 187 Å². The molecule has 2 rings (SSSR count). The molecule has 144 valence electrons. The molecule has 0 radical (unpaired) electrons. The van der Waals surface area contributed by atoms with Crippen LogP contribution in [0.5, 0.6) is 11.5 Å². The first kappa shape index (κ1) is 24.9. The van der Waals surface area contributed by atoms with Gasteiger partial charge in [0, 0.05) is 0 Å². The van der Waals surface area contributed by atoms with Gasteiger partial charge in [0.25, 0.3) is 0 Å². The van der Waals surface area contributed by atoms with Gasteiger partial charge in [0.1, 0.15) is 0 Å². The molecule has 12 heteroatoms. The molecule has 0 aliphatic carbocycles. The first-order chi connectivity index (χ1) is 12.8. The summed E-state index contributed by atoms with van der Waals surface area (Å²) in [6, 6.07) is 12.2. The fourth-order valence-corrected chi connectivity index (χ4v) is 4.96. The van der Waals surface area contributed by atoms with E-state index in [0.717, 1.165) is 12.5 Å². The van der Waals surface area contributed by atoms with Crippen LogP contribution in [0.3, 0.4) is 0 Å². The molecule has 0 atom stereocenters. The Morgan fingerprint density at radius 2 is 1.14 bits per heavy atom. The van der Waals surface area contributed by atoms with Gasteiger partial charge in [-0.3, -0.25) is 0 Å². The number of phosphoric acid groups is 2. The van der Waals surface area contributed by atoms with Gasteiger partial charge in [-0.2, -0.15) is 0 Å². The molecule has 0 fully saturated rings. The van der Waals surface area contributed by atoms with Crippen LogP contribution in [0.1, 0.15) is 0 Å². The van der Waals surface area contributed by atoms with Crippen molar-refractivity contribution >= 4 is 38.8 Å². The second-order valence-corrected chi connectivity index (χ2v) is 8.61. The topological polar surface area (TPSA) is 80.3 Å². The van der Waals surface area contributed by atoms with E-state index >= 15 is 0 Å². The molecule has 0 spiro atoms. The van der Waals surface area contributed by atoms with Crippen molar-refractivity contribution in [3.05, 3.63) is 84.3 Å². The molecular formula is C16H14Cl2O7P2Ti+4. The number of halogens is 2. The molecule has 0 unspecified atom stereocenters. The molecule has 0 aromatic heterocycles. The van der Waals surface area contributed by atoms with E-state index in [2.05, 4.69) is 13.2 Å².